The molecule has 0 atom stereocenters. The molecular weight excluding hydrogens is 219 g/mol. The first-order valence-corrected chi connectivity index (χ1v) is 5.93. The summed E-state index contributed by atoms with van der Waals surface area (Å²) in [6.45, 7) is 0. The summed E-state index contributed by atoms with van der Waals surface area (Å²) in [5.41, 5.74) is 2.52. The van der Waals surface area contributed by atoms with E-state index in [0.29, 0.717) is 0 Å². The lowest BCUT2D eigenvalue weighted by molar-refractivity contribution is 0.669. The number of para-hydroxylation sites is 1. The van der Waals surface area contributed by atoms with Crippen molar-refractivity contribution in [3.63, 3.8) is 0 Å². The van der Waals surface area contributed by atoms with Crippen LogP contribution in [0.2, 0.25) is 0 Å². The minimum absolute atomic E-state index is 0.761. The monoisotopic (exact) mass is 228 g/mol. The maximum absolute atomic E-state index is 6.08. The Morgan fingerprint density at radius 3 is 2.22 bits per heavy atom. The Hall–Kier alpha value is -2.22. The molecule has 0 saturated carbocycles. The Balaban J connectivity index is 2.39. The maximum atomic E-state index is 6.08. The third-order valence-corrected chi connectivity index (χ3v) is 3.42. The molecule has 0 aliphatic rings. The van der Waals surface area contributed by atoms with E-state index < -0.39 is 0 Å². The highest BCUT2D eigenvalue weighted by atomic mass is 16.3. The largest absolute Gasteiger partial charge is 0.456 e. The van der Waals surface area contributed by atoms with Gasteiger partial charge in [0.25, 0.3) is 0 Å². The number of fused-ring (bicyclic) bond motifs is 5. The summed E-state index contributed by atoms with van der Waals surface area (Å²) in [6.07, 6.45) is 0. The molecular formula is C16H9BO. The predicted octanol–water partition coefficient (Wildman–Crippen LogP) is 3.53. The molecule has 2 heteroatoms. The normalized spacial score (nSPS) is 11.6. The minimum atomic E-state index is 0.761. The van der Waals surface area contributed by atoms with Crippen LogP contribution in [-0.4, -0.2) is 7.85 Å². The van der Waals surface area contributed by atoms with Gasteiger partial charge < -0.3 is 4.42 Å². The Bertz CT molecular complexity index is 889. The van der Waals surface area contributed by atoms with Gasteiger partial charge in [0.15, 0.2) is 0 Å². The fraction of sp³-hybridized carbons (Fsp3) is 0. The quantitative estimate of drug-likeness (QED) is 0.419. The van der Waals surface area contributed by atoms with Crippen LogP contribution in [0.25, 0.3) is 32.7 Å². The zero-order valence-corrected chi connectivity index (χ0v) is 9.68. The molecule has 18 heavy (non-hydrogen) atoms. The van der Waals surface area contributed by atoms with Crippen molar-refractivity contribution in [3.05, 3.63) is 54.6 Å². The Kier molecular flexibility index (Phi) is 1.84. The van der Waals surface area contributed by atoms with E-state index >= 15 is 0 Å². The molecule has 1 aromatic heterocycles. The molecule has 0 unspecified atom stereocenters. The van der Waals surface area contributed by atoms with Gasteiger partial charge in [0.2, 0.25) is 0 Å². The van der Waals surface area contributed by atoms with E-state index in [0.717, 1.165) is 38.2 Å². The molecule has 82 valence electrons. The average molecular weight is 228 g/mol. The lowest BCUT2D eigenvalue weighted by Gasteiger charge is -2.03. The number of hydrogen-bond donors (Lipinski definition) is 0. The zero-order chi connectivity index (χ0) is 12.1. The van der Waals surface area contributed by atoms with Gasteiger partial charge in [-0.3, -0.25) is 0 Å². The number of furan rings is 1. The van der Waals surface area contributed by atoms with Crippen LogP contribution in [0.5, 0.6) is 0 Å². The summed E-state index contributed by atoms with van der Waals surface area (Å²) in [5, 5.41) is 4.52. The summed E-state index contributed by atoms with van der Waals surface area (Å²) in [7, 11) is 6.08. The van der Waals surface area contributed by atoms with Gasteiger partial charge in [-0.05, 0) is 22.9 Å². The third kappa shape index (κ3) is 1.18. The van der Waals surface area contributed by atoms with Crippen LogP contribution < -0.4 is 5.46 Å². The summed E-state index contributed by atoms with van der Waals surface area (Å²) in [4.78, 5) is 0. The molecule has 1 nitrogen and oxygen atoms in total. The molecule has 0 aliphatic heterocycles. The highest BCUT2D eigenvalue weighted by molar-refractivity contribution is 6.41. The van der Waals surface area contributed by atoms with Crippen LogP contribution in [0.1, 0.15) is 0 Å². The molecule has 0 aliphatic carbocycles. The summed E-state index contributed by atoms with van der Waals surface area (Å²) >= 11 is 0. The number of hydrogen-bond acceptors (Lipinski definition) is 1. The Labute approximate surface area is 105 Å². The second-order valence-electron chi connectivity index (χ2n) is 4.48. The van der Waals surface area contributed by atoms with E-state index in [1.807, 2.05) is 42.5 Å². The van der Waals surface area contributed by atoms with Gasteiger partial charge in [-0.1, -0.05) is 47.9 Å². The van der Waals surface area contributed by atoms with Crippen molar-refractivity contribution in [2.24, 2.45) is 0 Å². The Morgan fingerprint density at radius 2 is 1.39 bits per heavy atom. The van der Waals surface area contributed by atoms with Gasteiger partial charge in [-0.2, -0.15) is 0 Å². The predicted molar refractivity (Wildman–Crippen MR) is 76.6 cm³/mol. The smallest absolute Gasteiger partial charge is 0.135 e. The molecule has 4 rings (SSSR count). The van der Waals surface area contributed by atoms with Crippen molar-refractivity contribution in [2.75, 3.05) is 0 Å². The first-order chi connectivity index (χ1) is 8.84. The lowest BCUT2D eigenvalue weighted by atomic mass is 9.88. The molecule has 2 radical (unpaired) electrons. The van der Waals surface area contributed by atoms with Crippen LogP contribution in [-0.2, 0) is 0 Å². The maximum Gasteiger partial charge on any atom is 0.135 e. The van der Waals surface area contributed by atoms with Crippen LogP contribution in [0, 0.1) is 0 Å². The number of rotatable bonds is 0. The topological polar surface area (TPSA) is 13.1 Å². The summed E-state index contributed by atoms with van der Waals surface area (Å²) in [5.74, 6) is 0. The van der Waals surface area contributed by atoms with Crippen LogP contribution in [0.4, 0.5) is 0 Å². The van der Waals surface area contributed by atoms with Crippen molar-refractivity contribution < 1.29 is 4.42 Å². The standard InChI is InChI=1S/C16H9BO/c17-13-9-15-16(11-6-2-1-5-10(11)13)12-7-3-4-8-14(12)18-15/h1-9H. The molecule has 1 heterocycles. The van der Waals surface area contributed by atoms with Crippen molar-refractivity contribution in [2.45, 2.75) is 0 Å². The molecule has 0 fully saturated rings. The van der Waals surface area contributed by atoms with E-state index in [4.69, 9.17) is 12.3 Å². The van der Waals surface area contributed by atoms with E-state index in [2.05, 4.69) is 12.1 Å². The van der Waals surface area contributed by atoms with Crippen molar-refractivity contribution in [1.82, 2.24) is 0 Å². The van der Waals surface area contributed by atoms with Gasteiger partial charge >= 0.3 is 0 Å². The zero-order valence-electron chi connectivity index (χ0n) is 9.68. The van der Waals surface area contributed by atoms with E-state index in [1.54, 1.807) is 0 Å². The molecule has 3 aromatic carbocycles. The summed E-state index contributed by atoms with van der Waals surface area (Å²) in [6, 6.07) is 18.2. The van der Waals surface area contributed by atoms with Gasteiger partial charge in [0.05, 0.1) is 0 Å². The fourth-order valence-electron chi connectivity index (χ4n) is 2.62. The second-order valence-corrected chi connectivity index (χ2v) is 4.48. The highest BCUT2D eigenvalue weighted by Crippen LogP contribution is 2.33. The Morgan fingerprint density at radius 1 is 0.722 bits per heavy atom. The van der Waals surface area contributed by atoms with Crippen LogP contribution >= 0.6 is 0 Å². The average Bonchev–Trinajstić information content (AvgIpc) is 2.77. The van der Waals surface area contributed by atoms with Crippen LogP contribution in [0.3, 0.4) is 0 Å². The lowest BCUT2D eigenvalue weighted by Crippen LogP contribution is -2.02. The van der Waals surface area contributed by atoms with Gasteiger partial charge in [0.1, 0.15) is 19.0 Å². The van der Waals surface area contributed by atoms with Crippen molar-refractivity contribution in [3.8, 4) is 0 Å². The SMILES string of the molecule is [B]c1cc2oc3ccccc3c2c2ccccc12. The minimum Gasteiger partial charge on any atom is -0.456 e. The molecule has 0 N–H and O–H groups in total. The third-order valence-electron chi connectivity index (χ3n) is 3.42. The van der Waals surface area contributed by atoms with Gasteiger partial charge in [0, 0.05) is 10.8 Å². The first-order valence-electron chi connectivity index (χ1n) is 5.93. The summed E-state index contributed by atoms with van der Waals surface area (Å²) < 4.78 is 5.86. The van der Waals surface area contributed by atoms with Gasteiger partial charge in [-0.15, -0.1) is 0 Å². The molecule has 4 aromatic rings. The molecule has 0 bridgehead atoms. The van der Waals surface area contributed by atoms with E-state index in [1.165, 1.54) is 0 Å². The van der Waals surface area contributed by atoms with Crippen molar-refractivity contribution in [1.29, 1.82) is 0 Å². The highest BCUT2D eigenvalue weighted by Gasteiger charge is 2.10. The van der Waals surface area contributed by atoms with Crippen LogP contribution in [0.15, 0.2) is 59.0 Å². The molecule has 0 amide bonds. The van der Waals surface area contributed by atoms with Gasteiger partial charge in [-0.25, -0.2) is 0 Å². The molecule has 0 saturated heterocycles. The second kappa shape index (κ2) is 3.39. The number of benzene rings is 3. The molecule has 0 spiro atoms. The first kappa shape index (κ1) is 9.78. The van der Waals surface area contributed by atoms with E-state index in [-0.39, 0.29) is 0 Å². The van der Waals surface area contributed by atoms with E-state index in [9.17, 15) is 0 Å². The van der Waals surface area contributed by atoms with Crippen molar-refractivity contribution >= 4 is 46.0 Å². The fourth-order valence-corrected chi connectivity index (χ4v) is 2.62.